The third-order valence-electron chi connectivity index (χ3n) is 3.13. The van der Waals surface area contributed by atoms with Gasteiger partial charge in [0.15, 0.2) is 11.5 Å². The van der Waals surface area contributed by atoms with E-state index < -0.39 is 0 Å². The molecule has 6 nitrogen and oxygen atoms in total. The third kappa shape index (κ3) is 6.31. The molecular weight excluding hydrogens is 322 g/mol. The average Bonchev–Trinajstić information content (AvgIpc) is 2.53. The molecule has 0 saturated carbocycles. The van der Waals surface area contributed by atoms with Crippen molar-refractivity contribution in [3.63, 3.8) is 0 Å². The van der Waals surface area contributed by atoms with Crippen molar-refractivity contribution < 1.29 is 4.74 Å². The second kappa shape index (κ2) is 9.42. The summed E-state index contributed by atoms with van der Waals surface area (Å²) in [6.45, 7) is 9.61. The lowest BCUT2D eigenvalue weighted by molar-refractivity contribution is 0.343. The highest BCUT2D eigenvalue weighted by Crippen LogP contribution is 2.14. The molecule has 1 atom stereocenters. The molecular formula is C17H27N5OS. The Morgan fingerprint density at radius 1 is 1.33 bits per heavy atom. The van der Waals surface area contributed by atoms with Crippen molar-refractivity contribution in [3.8, 4) is 5.75 Å². The van der Waals surface area contributed by atoms with Crippen molar-refractivity contribution in [1.29, 1.82) is 0 Å². The van der Waals surface area contributed by atoms with Crippen LogP contribution in [0.1, 0.15) is 26.3 Å². The molecule has 0 aliphatic carbocycles. The van der Waals surface area contributed by atoms with Gasteiger partial charge in [-0.2, -0.15) is 0 Å². The molecule has 1 aromatic carbocycles. The standard InChI is InChI=1S/C17H27N5OS/c1-5-18-15-20-16(19-12(2)3)22-17(21-15)24-11-10-23-14-8-6-13(4)7-9-14/h6-9,12,17H,5,10-11H2,1-4H3,(H3,18,19,20,21,22). The lowest BCUT2D eigenvalue weighted by atomic mass is 10.2. The lowest BCUT2D eigenvalue weighted by Crippen LogP contribution is -2.55. The average molecular weight is 350 g/mol. The Balaban J connectivity index is 1.82. The molecule has 0 aromatic heterocycles. The topological polar surface area (TPSA) is 70.0 Å². The highest BCUT2D eigenvalue weighted by atomic mass is 32.2. The maximum atomic E-state index is 5.76. The van der Waals surface area contributed by atoms with Crippen LogP contribution >= 0.6 is 11.8 Å². The SMILES string of the molecule is CCN=C1NC(NC(C)C)=NC(SCCOc2ccc(C)cc2)N1. The first kappa shape index (κ1) is 18.4. The van der Waals surface area contributed by atoms with Crippen LogP contribution < -0.4 is 20.7 Å². The third-order valence-corrected chi connectivity index (χ3v) is 4.08. The van der Waals surface area contributed by atoms with Crippen molar-refractivity contribution in [2.75, 3.05) is 18.9 Å². The Hall–Kier alpha value is -1.89. The van der Waals surface area contributed by atoms with Crippen LogP contribution in [0, 0.1) is 6.92 Å². The fourth-order valence-corrected chi connectivity index (χ4v) is 2.85. The number of rotatable bonds is 7. The summed E-state index contributed by atoms with van der Waals surface area (Å²) in [5.41, 5.74) is 1.16. The Morgan fingerprint density at radius 2 is 2.08 bits per heavy atom. The Morgan fingerprint density at radius 3 is 2.75 bits per heavy atom. The first-order valence-corrected chi connectivity index (χ1v) is 9.35. The quantitative estimate of drug-likeness (QED) is 0.659. The van der Waals surface area contributed by atoms with Gasteiger partial charge in [0.25, 0.3) is 0 Å². The lowest BCUT2D eigenvalue weighted by Gasteiger charge is -2.26. The van der Waals surface area contributed by atoms with E-state index in [-0.39, 0.29) is 5.50 Å². The minimum absolute atomic E-state index is 0.0700. The zero-order valence-corrected chi connectivity index (χ0v) is 15.6. The normalized spacial score (nSPS) is 18.8. The monoisotopic (exact) mass is 349 g/mol. The van der Waals surface area contributed by atoms with Gasteiger partial charge in [-0.1, -0.05) is 17.7 Å². The van der Waals surface area contributed by atoms with E-state index in [1.807, 2.05) is 19.1 Å². The van der Waals surface area contributed by atoms with E-state index in [9.17, 15) is 0 Å². The number of thioether (sulfide) groups is 1. The highest BCUT2D eigenvalue weighted by molar-refractivity contribution is 7.99. The first-order valence-electron chi connectivity index (χ1n) is 8.30. The van der Waals surface area contributed by atoms with Crippen LogP contribution in [0.2, 0.25) is 0 Å². The van der Waals surface area contributed by atoms with Gasteiger partial charge in [0.2, 0.25) is 5.96 Å². The number of nitrogens with zero attached hydrogens (tertiary/aromatic N) is 2. The van der Waals surface area contributed by atoms with Crippen molar-refractivity contribution in [2.45, 2.75) is 39.2 Å². The molecule has 1 heterocycles. The van der Waals surface area contributed by atoms with Crippen LogP contribution in [0.5, 0.6) is 5.75 Å². The number of aryl methyl sites for hydroxylation is 1. The van der Waals surface area contributed by atoms with Gasteiger partial charge < -0.3 is 15.4 Å². The van der Waals surface area contributed by atoms with Gasteiger partial charge >= 0.3 is 0 Å². The fourth-order valence-electron chi connectivity index (χ4n) is 2.07. The van der Waals surface area contributed by atoms with Gasteiger partial charge in [-0.15, -0.1) is 11.8 Å². The number of hydrogen-bond donors (Lipinski definition) is 3. The van der Waals surface area contributed by atoms with Gasteiger partial charge in [0.1, 0.15) is 5.75 Å². The molecule has 0 spiro atoms. The largest absolute Gasteiger partial charge is 0.493 e. The summed E-state index contributed by atoms with van der Waals surface area (Å²) in [6.07, 6.45) is 0. The van der Waals surface area contributed by atoms with E-state index in [1.165, 1.54) is 5.56 Å². The molecule has 0 amide bonds. The molecule has 0 bridgehead atoms. The summed E-state index contributed by atoms with van der Waals surface area (Å²) >= 11 is 1.70. The number of nitrogens with one attached hydrogen (secondary N) is 3. The van der Waals surface area contributed by atoms with Crippen molar-refractivity contribution in [2.24, 2.45) is 9.98 Å². The maximum Gasteiger partial charge on any atom is 0.201 e. The summed E-state index contributed by atoms with van der Waals surface area (Å²) in [6, 6.07) is 8.42. The molecule has 0 radical (unpaired) electrons. The number of benzene rings is 1. The van der Waals surface area contributed by atoms with E-state index in [0.29, 0.717) is 12.6 Å². The van der Waals surface area contributed by atoms with Gasteiger partial charge in [-0.25, -0.2) is 4.99 Å². The first-order chi connectivity index (χ1) is 11.6. The van der Waals surface area contributed by atoms with Crippen LogP contribution in [0.25, 0.3) is 0 Å². The van der Waals surface area contributed by atoms with Crippen molar-refractivity contribution >= 4 is 23.7 Å². The maximum absolute atomic E-state index is 5.76. The van der Waals surface area contributed by atoms with Gasteiger partial charge in [0.05, 0.1) is 6.61 Å². The van der Waals surface area contributed by atoms with Gasteiger partial charge in [-0.05, 0) is 39.8 Å². The molecule has 1 unspecified atom stereocenters. The number of guanidine groups is 2. The Labute approximate surface area is 148 Å². The molecule has 2 rings (SSSR count). The molecule has 0 saturated heterocycles. The summed E-state index contributed by atoms with van der Waals surface area (Å²) in [7, 11) is 0. The second-order valence-electron chi connectivity index (χ2n) is 5.75. The molecule has 1 aliphatic heterocycles. The van der Waals surface area contributed by atoms with E-state index in [4.69, 9.17) is 4.74 Å². The second-order valence-corrected chi connectivity index (χ2v) is 6.94. The minimum atomic E-state index is -0.0700. The molecule has 0 fully saturated rings. The smallest absolute Gasteiger partial charge is 0.201 e. The Bertz CT molecular complexity index is 571. The van der Waals surface area contributed by atoms with Crippen LogP contribution in [0.3, 0.4) is 0 Å². The van der Waals surface area contributed by atoms with Crippen LogP contribution in [0.15, 0.2) is 34.3 Å². The molecule has 3 N–H and O–H groups in total. The molecule has 24 heavy (non-hydrogen) atoms. The van der Waals surface area contributed by atoms with Gasteiger partial charge in [-0.3, -0.25) is 10.3 Å². The van der Waals surface area contributed by atoms with Gasteiger partial charge in [0, 0.05) is 18.3 Å². The molecule has 7 heteroatoms. The number of aliphatic imine (C=N–C) groups is 2. The number of hydrogen-bond acceptors (Lipinski definition) is 5. The Kier molecular flexibility index (Phi) is 7.24. The zero-order valence-electron chi connectivity index (χ0n) is 14.8. The highest BCUT2D eigenvalue weighted by Gasteiger charge is 2.18. The van der Waals surface area contributed by atoms with Crippen LogP contribution in [0.4, 0.5) is 0 Å². The van der Waals surface area contributed by atoms with Crippen LogP contribution in [-0.4, -0.2) is 42.4 Å². The summed E-state index contributed by atoms with van der Waals surface area (Å²) < 4.78 is 5.76. The number of ether oxygens (including phenoxy) is 1. The van der Waals surface area contributed by atoms with Crippen molar-refractivity contribution in [3.05, 3.63) is 29.8 Å². The minimum Gasteiger partial charge on any atom is -0.493 e. The van der Waals surface area contributed by atoms with E-state index >= 15 is 0 Å². The summed E-state index contributed by atoms with van der Waals surface area (Å²) in [5.74, 6) is 3.25. The molecule has 1 aliphatic rings. The predicted octanol–water partition coefficient (Wildman–Crippen LogP) is 2.31. The van der Waals surface area contributed by atoms with E-state index in [1.54, 1.807) is 11.8 Å². The van der Waals surface area contributed by atoms with E-state index in [2.05, 4.69) is 58.8 Å². The summed E-state index contributed by atoms with van der Waals surface area (Å²) in [4.78, 5) is 9.02. The summed E-state index contributed by atoms with van der Waals surface area (Å²) in [5, 5.41) is 9.75. The van der Waals surface area contributed by atoms with Crippen LogP contribution in [-0.2, 0) is 0 Å². The van der Waals surface area contributed by atoms with E-state index in [0.717, 1.165) is 30.0 Å². The predicted molar refractivity (Wildman–Crippen MR) is 103 cm³/mol. The molecule has 132 valence electrons. The van der Waals surface area contributed by atoms with Crippen molar-refractivity contribution in [1.82, 2.24) is 16.0 Å². The fraction of sp³-hybridized carbons (Fsp3) is 0.529. The zero-order chi connectivity index (χ0) is 17.4. The molecule has 1 aromatic rings.